The summed E-state index contributed by atoms with van der Waals surface area (Å²) in [7, 11) is -1.01. The molecule has 0 atom stereocenters. The minimum absolute atomic E-state index is 0.0382. The summed E-state index contributed by atoms with van der Waals surface area (Å²) >= 11 is 5.96. The van der Waals surface area contributed by atoms with Crippen molar-refractivity contribution >= 4 is 39.2 Å². The van der Waals surface area contributed by atoms with Crippen molar-refractivity contribution in [3.8, 4) is 0 Å². The monoisotopic (exact) mass is 424 g/mol. The predicted molar refractivity (Wildman–Crippen MR) is 107 cm³/mol. The van der Waals surface area contributed by atoms with Crippen molar-refractivity contribution in [2.24, 2.45) is 0 Å². The zero-order valence-electron chi connectivity index (χ0n) is 15.7. The molecule has 150 valence electrons. The number of sulfonamides is 1. The fraction of sp³-hybridized carbons (Fsp3) is 0.263. The lowest BCUT2D eigenvalue weighted by molar-refractivity contribution is -0.146. The summed E-state index contributed by atoms with van der Waals surface area (Å²) < 4.78 is 30.5. The molecule has 0 radical (unpaired) electrons. The summed E-state index contributed by atoms with van der Waals surface area (Å²) in [5, 5.41) is 2.53. The number of carbonyl (C=O) groups is 2. The Hall–Kier alpha value is -2.42. The van der Waals surface area contributed by atoms with Crippen LogP contribution in [0.1, 0.15) is 11.1 Å². The van der Waals surface area contributed by atoms with Gasteiger partial charge in [-0.1, -0.05) is 41.4 Å². The van der Waals surface area contributed by atoms with E-state index in [1.54, 1.807) is 0 Å². The number of rotatable bonds is 7. The number of benzene rings is 2. The maximum Gasteiger partial charge on any atom is 0.310 e. The lowest BCUT2D eigenvalue weighted by Crippen LogP contribution is -2.24. The van der Waals surface area contributed by atoms with E-state index in [0.29, 0.717) is 0 Å². The summed E-state index contributed by atoms with van der Waals surface area (Å²) in [5.41, 5.74) is 2.09. The lowest BCUT2D eigenvalue weighted by atomic mass is 10.1. The Morgan fingerprint density at radius 3 is 2.36 bits per heavy atom. The molecule has 0 fully saturated rings. The van der Waals surface area contributed by atoms with Crippen LogP contribution >= 0.6 is 11.6 Å². The number of aryl methyl sites for hydroxylation is 1. The van der Waals surface area contributed by atoms with E-state index in [4.69, 9.17) is 16.3 Å². The van der Waals surface area contributed by atoms with Crippen LogP contribution in [0.2, 0.25) is 5.02 Å². The molecule has 0 aromatic heterocycles. The Balaban J connectivity index is 1.96. The number of nitrogens with zero attached hydrogens (tertiary/aromatic N) is 1. The zero-order chi connectivity index (χ0) is 20.9. The number of halogens is 1. The molecule has 0 aliphatic carbocycles. The third-order valence-electron chi connectivity index (χ3n) is 3.81. The topological polar surface area (TPSA) is 92.8 Å². The average molecular weight is 425 g/mol. The van der Waals surface area contributed by atoms with Gasteiger partial charge >= 0.3 is 5.97 Å². The molecule has 0 saturated carbocycles. The molecular weight excluding hydrogens is 404 g/mol. The van der Waals surface area contributed by atoms with E-state index in [1.165, 1.54) is 32.3 Å². The first kappa shape index (κ1) is 21.9. The van der Waals surface area contributed by atoms with Crippen molar-refractivity contribution in [1.82, 2.24) is 4.31 Å². The first-order valence-corrected chi connectivity index (χ1v) is 10.1. The highest BCUT2D eigenvalue weighted by Crippen LogP contribution is 2.26. The predicted octanol–water partition coefficient (Wildman–Crippen LogP) is 2.62. The van der Waals surface area contributed by atoms with Crippen LogP contribution in [-0.2, 0) is 30.8 Å². The lowest BCUT2D eigenvalue weighted by Gasteiger charge is -2.14. The smallest absolute Gasteiger partial charge is 0.310 e. The van der Waals surface area contributed by atoms with Crippen LogP contribution in [0.5, 0.6) is 0 Å². The molecular formula is C19H21ClN2O5S. The van der Waals surface area contributed by atoms with Gasteiger partial charge in [0.1, 0.15) is 4.90 Å². The third-order valence-corrected chi connectivity index (χ3v) is 6.10. The van der Waals surface area contributed by atoms with Gasteiger partial charge in [0.2, 0.25) is 10.0 Å². The fourth-order valence-electron chi connectivity index (χ4n) is 2.24. The molecule has 28 heavy (non-hydrogen) atoms. The van der Waals surface area contributed by atoms with Crippen LogP contribution in [0.3, 0.4) is 0 Å². The van der Waals surface area contributed by atoms with Gasteiger partial charge in [-0.3, -0.25) is 9.59 Å². The van der Waals surface area contributed by atoms with Gasteiger partial charge in [0.05, 0.1) is 11.4 Å². The number of nitrogens with one attached hydrogen (secondary N) is 1. The van der Waals surface area contributed by atoms with Gasteiger partial charge in [-0.15, -0.1) is 0 Å². The van der Waals surface area contributed by atoms with Gasteiger partial charge in [-0.2, -0.15) is 0 Å². The minimum Gasteiger partial charge on any atom is -0.455 e. The van der Waals surface area contributed by atoms with Crippen molar-refractivity contribution in [3.63, 3.8) is 0 Å². The summed E-state index contributed by atoms with van der Waals surface area (Å²) in [6, 6.07) is 11.5. The molecule has 0 bridgehead atoms. The first-order valence-electron chi connectivity index (χ1n) is 8.32. The van der Waals surface area contributed by atoms with Crippen molar-refractivity contribution < 1.29 is 22.7 Å². The molecule has 2 aromatic carbocycles. The number of esters is 1. The van der Waals surface area contributed by atoms with E-state index in [1.807, 2.05) is 31.2 Å². The average Bonchev–Trinajstić information content (AvgIpc) is 2.63. The molecule has 1 N–H and O–H groups in total. The molecule has 9 heteroatoms. The third kappa shape index (κ3) is 5.79. The van der Waals surface area contributed by atoms with Crippen LogP contribution in [0.15, 0.2) is 47.4 Å². The molecule has 7 nitrogen and oxygen atoms in total. The Labute approximate surface area is 169 Å². The van der Waals surface area contributed by atoms with E-state index in [0.717, 1.165) is 15.4 Å². The van der Waals surface area contributed by atoms with Gasteiger partial charge in [0.15, 0.2) is 6.61 Å². The minimum atomic E-state index is -3.76. The van der Waals surface area contributed by atoms with Gasteiger partial charge in [-0.05, 0) is 30.7 Å². The molecule has 0 heterocycles. The highest BCUT2D eigenvalue weighted by molar-refractivity contribution is 7.89. The number of amides is 1. The molecule has 0 saturated heterocycles. The van der Waals surface area contributed by atoms with Crippen LogP contribution < -0.4 is 5.32 Å². The zero-order valence-corrected chi connectivity index (χ0v) is 17.3. The van der Waals surface area contributed by atoms with E-state index in [9.17, 15) is 18.0 Å². The van der Waals surface area contributed by atoms with Crippen molar-refractivity contribution in [3.05, 3.63) is 58.6 Å². The molecule has 2 aromatic rings. The number of anilines is 1. The summed E-state index contributed by atoms with van der Waals surface area (Å²) in [4.78, 5) is 23.7. The maximum absolute atomic E-state index is 12.3. The number of hydrogen-bond donors (Lipinski definition) is 1. The van der Waals surface area contributed by atoms with Crippen LogP contribution in [-0.4, -0.2) is 45.3 Å². The molecule has 0 aliphatic rings. The van der Waals surface area contributed by atoms with E-state index in [2.05, 4.69) is 5.32 Å². The second-order valence-corrected chi connectivity index (χ2v) is 8.83. The Bertz CT molecular complexity index is 972. The van der Waals surface area contributed by atoms with E-state index < -0.39 is 28.5 Å². The number of carbonyl (C=O) groups excluding carboxylic acids is 2. The summed E-state index contributed by atoms with van der Waals surface area (Å²) in [5.74, 6) is -1.13. The summed E-state index contributed by atoms with van der Waals surface area (Å²) in [6.45, 7) is 1.46. The number of hydrogen-bond acceptors (Lipinski definition) is 5. The van der Waals surface area contributed by atoms with Crippen molar-refractivity contribution in [2.45, 2.75) is 18.2 Å². The highest BCUT2D eigenvalue weighted by atomic mass is 35.5. The fourth-order valence-corrected chi connectivity index (χ4v) is 3.64. The van der Waals surface area contributed by atoms with Crippen LogP contribution in [0.25, 0.3) is 0 Å². The summed E-state index contributed by atoms with van der Waals surface area (Å²) in [6.07, 6.45) is 0.0553. The molecule has 1 amide bonds. The Kier molecular flexibility index (Phi) is 7.17. The molecule has 2 rings (SSSR count). The van der Waals surface area contributed by atoms with Crippen LogP contribution in [0, 0.1) is 6.92 Å². The second kappa shape index (κ2) is 9.18. The normalized spacial score (nSPS) is 11.3. The Morgan fingerprint density at radius 1 is 1.11 bits per heavy atom. The van der Waals surface area contributed by atoms with Gasteiger partial charge < -0.3 is 10.1 Å². The maximum atomic E-state index is 12.3. The van der Waals surface area contributed by atoms with E-state index in [-0.39, 0.29) is 22.0 Å². The highest BCUT2D eigenvalue weighted by Gasteiger charge is 2.21. The van der Waals surface area contributed by atoms with Crippen LogP contribution in [0.4, 0.5) is 5.69 Å². The quantitative estimate of drug-likeness (QED) is 0.689. The van der Waals surface area contributed by atoms with Crippen molar-refractivity contribution in [2.75, 3.05) is 26.0 Å². The van der Waals surface area contributed by atoms with Gasteiger partial charge in [0.25, 0.3) is 5.91 Å². The standard InChI is InChI=1S/C19H21ClN2O5S/c1-13-4-6-14(7-5-13)10-19(24)27-12-18(23)21-15-8-9-16(20)17(11-15)28(25,26)22(2)3/h4-9,11H,10,12H2,1-3H3,(H,21,23). The van der Waals surface area contributed by atoms with Gasteiger partial charge in [-0.25, -0.2) is 12.7 Å². The first-order chi connectivity index (χ1) is 13.1. The largest absolute Gasteiger partial charge is 0.455 e. The second-order valence-electron chi connectivity index (χ2n) is 6.30. The SMILES string of the molecule is Cc1ccc(CC(=O)OCC(=O)Nc2ccc(Cl)c(S(=O)(=O)N(C)C)c2)cc1. The molecule has 0 spiro atoms. The number of ether oxygens (including phenoxy) is 1. The van der Waals surface area contributed by atoms with Gasteiger partial charge in [0, 0.05) is 19.8 Å². The molecule has 0 aliphatic heterocycles. The Morgan fingerprint density at radius 2 is 1.75 bits per heavy atom. The molecule has 0 unspecified atom stereocenters. The van der Waals surface area contributed by atoms with Crippen molar-refractivity contribution in [1.29, 1.82) is 0 Å². The van der Waals surface area contributed by atoms with E-state index >= 15 is 0 Å².